The Hall–Kier alpha value is -1.02. The predicted molar refractivity (Wildman–Crippen MR) is 97.3 cm³/mol. The Bertz CT molecular complexity index is 548. The summed E-state index contributed by atoms with van der Waals surface area (Å²) in [6.45, 7) is 5.95. The van der Waals surface area contributed by atoms with Gasteiger partial charge < -0.3 is 27.6 Å². The van der Waals surface area contributed by atoms with E-state index in [0.29, 0.717) is 0 Å². The van der Waals surface area contributed by atoms with E-state index in [4.69, 9.17) is 18.1 Å². The molecule has 0 amide bonds. The summed E-state index contributed by atoms with van der Waals surface area (Å²) in [5, 5.41) is -0.553. The molecule has 0 saturated heterocycles. The van der Waals surface area contributed by atoms with E-state index >= 15 is 0 Å². The number of hydrogen-bond donors (Lipinski definition) is 0. The van der Waals surface area contributed by atoms with Gasteiger partial charge in [0.2, 0.25) is 0 Å². The number of hydrogen-bond acceptors (Lipinski definition) is 10. The minimum atomic E-state index is -4.23. The van der Waals surface area contributed by atoms with Crippen molar-refractivity contribution in [2.75, 3.05) is 40.6 Å². The van der Waals surface area contributed by atoms with Crippen molar-refractivity contribution >= 4 is 27.1 Å². The normalized spacial score (nSPS) is 12.0. The molecule has 0 atom stereocenters. The molecule has 0 saturated carbocycles. The van der Waals surface area contributed by atoms with Crippen molar-refractivity contribution in [2.24, 2.45) is 5.92 Å². The summed E-state index contributed by atoms with van der Waals surface area (Å²) in [5.74, 6) is -3.70. The fourth-order valence-corrected chi connectivity index (χ4v) is 6.58. The maximum Gasteiger partial charge on any atom is 0.369 e. The van der Waals surface area contributed by atoms with Crippen LogP contribution in [0.4, 0.5) is 0 Å². The van der Waals surface area contributed by atoms with Crippen LogP contribution in [0, 0.1) is 5.92 Å². The van der Waals surface area contributed by atoms with E-state index in [1.165, 1.54) is 0 Å². The van der Waals surface area contributed by atoms with Gasteiger partial charge >= 0.3 is 27.1 Å². The van der Waals surface area contributed by atoms with Gasteiger partial charge in [0.25, 0.3) is 0 Å². The van der Waals surface area contributed by atoms with Crippen LogP contribution >= 0.6 is 15.2 Å². The van der Waals surface area contributed by atoms with Crippen LogP contribution in [0.15, 0.2) is 11.1 Å². The lowest BCUT2D eigenvalue weighted by molar-refractivity contribution is -0.156. The van der Waals surface area contributed by atoms with Gasteiger partial charge in [-0.1, -0.05) is 0 Å². The standard InChI is InChI=1S/C15H28O10P2/c1-7-22-26(18,23-8-2)13(27(19,24-9-3)25-10-4)11-12(14(16)20-5)15(17)21-6/h11-12H,7-10H2,1-6H3. The second kappa shape index (κ2) is 12.4. The molecule has 0 aromatic rings. The third kappa shape index (κ3) is 7.14. The molecular formula is C15H28O10P2. The van der Waals surface area contributed by atoms with Gasteiger partial charge in [0.15, 0.2) is 11.0 Å². The number of rotatable bonds is 13. The zero-order valence-electron chi connectivity index (χ0n) is 16.5. The lowest BCUT2D eigenvalue weighted by atomic mass is 10.1. The van der Waals surface area contributed by atoms with Crippen molar-refractivity contribution in [2.45, 2.75) is 27.7 Å². The second-order valence-electron chi connectivity index (χ2n) is 4.71. The van der Waals surface area contributed by atoms with Gasteiger partial charge in [0.1, 0.15) is 0 Å². The molecule has 27 heavy (non-hydrogen) atoms. The van der Waals surface area contributed by atoms with Crippen LogP contribution in [0.3, 0.4) is 0 Å². The highest BCUT2D eigenvalue weighted by Crippen LogP contribution is 2.74. The first kappa shape index (κ1) is 26.0. The average Bonchev–Trinajstić information content (AvgIpc) is 2.61. The number of methoxy groups -OCH3 is 2. The van der Waals surface area contributed by atoms with Crippen molar-refractivity contribution in [3.63, 3.8) is 0 Å². The van der Waals surface area contributed by atoms with E-state index in [9.17, 15) is 18.7 Å². The molecule has 0 unspecified atom stereocenters. The minimum absolute atomic E-state index is 0.0615. The van der Waals surface area contributed by atoms with E-state index < -0.39 is 38.1 Å². The largest absolute Gasteiger partial charge is 0.468 e. The van der Waals surface area contributed by atoms with Crippen LogP contribution < -0.4 is 0 Å². The molecule has 0 aliphatic carbocycles. The monoisotopic (exact) mass is 430 g/mol. The first-order valence-corrected chi connectivity index (χ1v) is 11.4. The third-order valence-electron chi connectivity index (χ3n) is 2.98. The Balaban J connectivity index is 6.70. The third-order valence-corrected chi connectivity index (χ3v) is 8.27. The maximum atomic E-state index is 13.3. The molecule has 0 aliphatic rings. The van der Waals surface area contributed by atoms with E-state index in [2.05, 4.69) is 9.47 Å². The highest BCUT2D eigenvalue weighted by atomic mass is 31.2. The molecular weight excluding hydrogens is 402 g/mol. The van der Waals surface area contributed by atoms with Crippen LogP contribution in [-0.4, -0.2) is 52.6 Å². The van der Waals surface area contributed by atoms with Gasteiger partial charge in [0.05, 0.1) is 40.6 Å². The van der Waals surface area contributed by atoms with Crippen molar-refractivity contribution in [3.8, 4) is 0 Å². The zero-order chi connectivity index (χ0) is 21.1. The van der Waals surface area contributed by atoms with E-state index in [1.807, 2.05) is 0 Å². The minimum Gasteiger partial charge on any atom is -0.468 e. The fraction of sp³-hybridized carbons (Fsp3) is 0.733. The van der Waals surface area contributed by atoms with Gasteiger partial charge in [-0.3, -0.25) is 18.7 Å². The Kier molecular flexibility index (Phi) is 12.0. The Morgan fingerprint density at radius 1 is 0.741 bits per heavy atom. The van der Waals surface area contributed by atoms with Crippen molar-refractivity contribution in [1.29, 1.82) is 0 Å². The summed E-state index contributed by atoms with van der Waals surface area (Å²) in [7, 11) is -6.35. The van der Waals surface area contributed by atoms with Crippen LogP contribution in [0.1, 0.15) is 27.7 Å². The molecule has 0 aliphatic heterocycles. The number of ether oxygens (including phenoxy) is 2. The number of carbonyl (C=O) groups excluding carboxylic acids is 2. The topological polar surface area (TPSA) is 124 Å². The molecule has 0 aromatic carbocycles. The number of carbonyl (C=O) groups is 2. The Morgan fingerprint density at radius 2 is 1.04 bits per heavy atom. The molecule has 0 radical (unpaired) electrons. The summed E-state index contributed by atoms with van der Waals surface area (Å²) in [6.07, 6.45) is 0.857. The van der Waals surface area contributed by atoms with Crippen molar-refractivity contribution in [3.05, 3.63) is 11.1 Å². The maximum absolute atomic E-state index is 13.3. The smallest absolute Gasteiger partial charge is 0.369 e. The summed E-state index contributed by atoms with van der Waals surface area (Å²) < 4.78 is 56.7. The molecule has 0 fully saturated rings. The molecule has 0 rings (SSSR count). The van der Waals surface area contributed by atoms with E-state index in [1.54, 1.807) is 27.7 Å². The lowest BCUT2D eigenvalue weighted by Gasteiger charge is -2.26. The highest BCUT2D eigenvalue weighted by Gasteiger charge is 2.47. The van der Waals surface area contributed by atoms with Crippen LogP contribution in [0.25, 0.3) is 0 Å². The highest BCUT2D eigenvalue weighted by molar-refractivity contribution is 7.78. The van der Waals surface area contributed by atoms with Gasteiger partial charge in [-0.2, -0.15) is 0 Å². The first-order valence-electron chi connectivity index (χ1n) is 8.36. The summed E-state index contributed by atoms with van der Waals surface area (Å²) in [4.78, 5) is 24.0. The molecule has 10 nitrogen and oxygen atoms in total. The Morgan fingerprint density at radius 3 is 1.26 bits per heavy atom. The lowest BCUT2D eigenvalue weighted by Crippen LogP contribution is -2.25. The summed E-state index contributed by atoms with van der Waals surface area (Å²) >= 11 is 0. The molecule has 0 N–H and O–H groups in total. The van der Waals surface area contributed by atoms with Gasteiger partial charge in [-0.05, 0) is 33.8 Å². The average molecular weight is 430 g/mol. The summed E-state index contributed by atoms with van der Waals surface area (Å²) in [5.41, 5.74) is 0. The second-order valence-corrected chi connectivity index (χ2v) is 9.05. The summed E-state index contributed by atoms with van der Waals surface area (Å²) in [6, 6.07) is 0. The molecule has 0 heterocycles. The van der Waals surface area contributed by atoms with Gasteiger partial charge in [-0.15, -0.1) is 0 Å². The molecule has 0 aromatic heterocycles. The van der Waals surface area contributed by atoms with E-state index in [-0.39, 0.29) is 26.4 Å². The van der Waals surface area contributed by atoms with E-state index in [0.717, 1.165) is 20.3 Å². The Labute approximate surface area is 159 Å². The SMILES string of the molecule is CCOP(=O)(OCC)C(=CC(C(=O)OC)C(=O)OC)P(=O)(OCC)OCC. The zero-order valence-corrected chi connectivity index (χ0v) is 18.2. The number of esters is 2. The van der Waals surface area contributed by atoms with Gasteiger partial charge in [-0.25, -0.2) is 0 Å². The van der Waals surface area contributed by atoms with Crippen molar-refractivity contribution < 1.29 is 46.3 Å². The van der Waals surface area contributed by atoms with Crippen LogP contribution in [0.5, 0.6) is 0 Å². The molecule has 0 bridgehead atoms. The first-order chi connectivity index (χ1) is 12.7. The quantitative estimate of drug-likeness (QED) is 0.244. The van der Waals surface area contributed by atoms with Crippen LogP contribution in [0.2, 0.25) is 0 Å². The molecule has 158 valence electrons. The van der Waals surface area contributed by atoms with Crippen molar-refractivity contribution in [1.82, 2.24) is 0 Å². The predicted octanol–water partition coefficient (Wildman–Crippen LogP) is 3.32. The van der Waals surface area contributed by atoms with Gasteiger partial charge in [0, 0.05) is 0 Å². The fourth-order valence-electron chi connectivity index (χ4n) is 1.99. The molecule has 12 heteroatoms. The molecule has 0 spiro atoms. The van der Waals surface area contributed by atoms with Crippen LogP contribution in [-0.2, 0) is 46.3 Å².